The minimum Gasteiger partial charge on any atom is -0.476 e. The van der Waals surface area contributed by atoms with Crippen LogP contribution in [0.5, 0.6) is 5.88 Å². The Morgan fingerprint density at radius 3 is 2.56 bits per heavy atom. The van der Waals surface area contributed by atoms with Gasteiger partial charge in [0, 0.05) is 17.8 Å². The molecule has 1 heterocycles. The van der Waals surface area contributed by atoms with Crippen molar-refractivity contribution in [1.29, 1.82) is 5.26 Å². The highest BCUT2D eigenvalue weighted by molar-refractivity contribution is 5.28. The van der Waals surface area contributed by atoms with Crippen LogP contribution in [0.3, 0.4) is 0 Å². The maximum atomic E-state index is 8.62. The number of likely N-dealkylation sites (N-methyl/N-ethyl adjacent to an activating group) is 1. The molecule has 0 saturated carbocycles. The van der Waals surface area contributed by atoms with Crippen LogP contribution in [0.15, 0.2) is 18.3 Å². The molecule has 4 heteroatoms. The Balaban J connectivity index is 2.59. The summed E-state index contributed by atoms with van der Waals surface area (Å²) < 4.78 is 5.57. The van der Waals surface area contributed by atoms with Crippen LogP contribution in [0.2, 0.25) is 0 Å². The molecule has 0 atom stereocenters. The van der Waals surface area contributed by atoms with Crippen LogP contribution >= 0.6 is 0 Å². The summed E-state index contributed by atoms with van der Waals surface area (Å²) in [7, 11) is 4.02. The van der Waals surface area contributed by atoms with Gasteiger partial charge in [0.25, 0.3) is 0 Å². The van der Waals surface area contributed by atoms with E-state index < -0.39 is 0 Å². The van der Waals surface area contributed by atoms with Crippen molar-refractivity contribution >= 4 is 0 Å². The smallest absolute Gasteiger partial charge is 0.213 e. The van der Waals surface area contributed by atoms with E-state index in [0.29, 0.717) is 18.1 Å². The predicted molar refractivity (Wildman–Crippen MR) is 62.2 cm³/mol. The molecule has 4 nitrogen and oxygen atoms in total. The standard InChI is InChI=1S/C12H17N3O/c1-12(2,15(3)4)9-16-11-6-5-10(7-13)8-14-11/h5-6,8H,9H2,1-4H3. The average Bonchev–Trinajstić information content (AvgIpc) is 2.27. The molecule has 0 aromatic carbocycles. The molecule has 1 rings (SSSR count). The highest BCUT2D eigenvalue weighted by atomic mass is 16.5. The summed E-state index contributed by atoms with van der Waals surface area (Å²) in [5.74, 6) is 0.550. The minimum atomic E-state index is -0.0461. The third-order valence-electron chi connectivity index (χ3n) is 2.65. The molecular weight excluding hydrogens is 202 g/mol. The normalized spacial score (nSPS) is 11.2. The van der Waals surface area contributed by atoms with E-state index in [1.807, 2.05) is 20.2 Å². The summed E-state index contributed by atoms with van der Waals surface area (Å²) in [5, 5.41) is 8.62. The third-order valence-corrected chi connectivity index (χ3v) is 2.65. The zero-order valence-electron chi connectivity index (χ0n) is 10.2. The van der Waals surface area contributed by atoms with E-state index in [-0.39, 0.29) is 5.54 Å². The molecule has 0 spiro atoms. The summed E-state index contributed by atoms with van der Waals surface area (Å²) in [5.41, 5.74) is 0.495. The van der Waals surface area contributed by atoms with Crippen LogP contribution in [0, 0.1) is 11.3 Å². The molecule has 0 fully saturated rings. The number of pyridine rings is 1. The van der Waals surface area contributed by atoms with E-state index in [1.54, 1.807) is 12.1 Å². The van der Waals surface area contributed by atoms with Crippen molar-refractivity contribution in [3.8, 4) is 11.9 Å². The largest absolute Gasteiger partial charge is 0.476 e. The Bertz CT molecular complexity index is 376. The highest BCUT2D eigenvalue weighted by Gasteiger charge is 2.21. The Hall–Kier alpha value is -1.60. The number of aromatic nitrogens is 1. The number of ether oxygens (including phenoxy) is 1. The van der Waals surface area contributed by atoms with Crippen molar-refractivity contribution in [3.63, 3.8) is 0 Å². The molecule has 0 bridgehead atoms. The van der Waals surface area contributed by atoms with E-state index in [9.17, 15) is 0 Å². The molecule has 1 aromatic heterocycles. The van der Waals surface area contributed by atoms with Crippen LogP contribution in [0.1, 0.15) is 19.4 Å². The first-order valence-corrected chi connectivity index (χ1v) is 5.12. The zero-order valence-corrected chi connectivity index (χ0v) is 10.2. The lowest BCUT2D eigenvalue weighted by molar-refractivity contribution is 0.111. The first kappa shape index (κ1) is 12.5. The van der Waals surface area contributed by atoms with Crippen molar-refractivity contribution in [1.82, 2.24) is 9.88 Å². The van der Waals surface area contributed by atoms with E-state index in [0.717, 1.165) is 0 Å². The van der Waals surface area contributed by atoms with Gasteiger partial charge in [0.05, 0.1) is 5.56 Å². The summed E-state index contributed by atoms with van der Waals surface area (Å²) in [4.78, 5) is 6.14. The lowest BCUT2D eigenvalue weighted by Gasteiger charge is -2.31. The summed E-state index contributed by atoms with van der Waals surface area (Å²) in [6.45, 7) is 4.74. The maximum absolute atomic E-state index is 8.62. The number of nitriles is 1. The number of hydrogen-bond acceptors (Lipinski definition) is 4. The van der Waals surface area contributed by atoms with Gasteiger partial charge in [-0.15, -0.1) is 0 Å². The fraction of sp³-hybridized carbons (Fsp3) is 0.500. The lowest BCUT2D eigenvalue weighted by atomic mass is 10.1. The van der Waals surface area contributed by atoms with Crippen LogP contribution in [-0.4, -0.2) is 36.1 Å². The van der Waals surface area contributed by atoms with Crippen LogP contribution < -0.4 is 4.74 Å². The van der Waals surface area contributed by atoms with E-state index >= 15 is 0 Å². The molecule has 16 heavy (non-hydrogen) atoms. The molecule has 0 amide bonds. The molecule has 0 radical (unpaired) electrons. The fourth-order valence-electron chi connectivity index (χ4n) is 0.911. The van der Waals surface area contributed by atoms with Gasteiger partial charge in [-0.3, -0.25) is 0 Å². The Labute approximate surface area is 96.5 Å². The second-order valence-electron chi connectivity index (χ2n) is 4.49. The van der Waals surface area contributed by atoms with Crippen molar-refractivity contribution in [2.75, 3.05) is 20.7 Å². The van der Waals surface area contributed by atoms with Gasteiger partial charge in [-0.05, 0) is 34.0 Å². The van der Waals surface area contributed by atoms with Gasteiger partial charge in [0.15, 0.2) is 0 Å². The molecule has 0 unspecified atom stereocenters. The number of nitrogens with zero attached hydrogens (tertiary/aromatic N) is 3. The SMILES string of the molecule is CN(C)C(C)(C)COc1ccc(C#N)cn1. The highest BCUT2D eigenvalue weighted by Crippen LogP contribution is 2.13. The minimum absolute atomic E-state index is 0.0461. The van der Waals surface area contributed by atoms with Gasteiger partial charge in [-0.1, -0.05) is 0 Å². The van der Waals surface area contributed by atoms with Gasteiger partial charge in [-0.25, -0.2) is 4.98 Å². The van der Waals surface area contributed by atoms with E-state index in [1.165, 1.54) is 6.20 Å². The molecule has 86 valence electrons. The van der Waals surface area contributed by atoms with Crippen molar-refractivity contribution in [3.05, 3.63) is 23.9 Å². The molecule has 0 saturated heterocycles. The molecule has 1 aromatic rings. The molecule has 0 aliphatic rings. The monoisotopic (exact) mass is 219 g/mol. The van der Waals surface area contributed by atoms with Gasteiger partial charge < -0.3 is 9.64 Å². The Morgan fingerprint density at radius 2 is 2.12 bits per heavy atom. The lowest BCUT2D eigenvalue weighted by Crippen LogP contribution is -2.43. The van der Waals surface area contributed by atoms with Gasteiger partial charge in [0.1, 0.15) is 12.7 Å². The second-order valence-corrected chi connectivity index (χ2v) is 4.49. The summed E-state index contributed by atoms with van der Waals surface area (Å²) in [6.07, 6.45) is 1.51. The first-order valence-electron chi connectivity index (χ1n) is 5.12. The van der Waals surface area contributed by atoms with Crippen LogP contribution in [-0.2, 0) is 0 Å². The Morgan fingerprint density at radius 1 is 1.44 bits per heavy atom. The molecule has 0 N–H and O–H groups in total. The number of hydrogen-bond donors (Lipinski definition) is 0. The summed E-state index contributed by atoms with van der Waals surface area (Å²) >= 11 is 0. The molecule has 0 aliphatic heterocycles. The average molecular weight is 219 g/mol. The first-order chi connectivity index (χ1) is 7.45. The second kappa shape index (κ2) is 4.95. The number of rotatable bonds is 4. The van der Waals surface area contributed by atoms with Gasteiger partial charge >= 0.3 is 0 Å². The molecular formula is C12H17N3O. The summed E-state index contributed by atoms with van der Waals surface area (Å²) in [6, 6.07) is 5.43. The fourth-order valence-corrected chi connectivity index (χ4v) is 0.911. The van der Waals surface area contributed by atoms with Crippen molar-refractivity contribution in [2.45, 2.75) is 19.4 Å². The van der Waals surface area contributed by atoms with Crippen molar-refractivity contribution < 1.29 is 4.74 Å². The Kier molecular flexibility index (Phi) is 3.86. The third kappa shape index (κ3) is 3.21. The maximum Gasteiger partial charge on any atom is 0.213 e. The van der Waals surface area contributed by atoms with E-state index in [4.69, 9.17) is 10.00 Å². The van der Waals surface area contributed by atoms with Crippen molar-refractivity contribution in [2.24, 2.45) is 0 Å². The van der Waals surface area contributed by atoms with Crippen LogP contribution in [0.4, 0.5) is 0 Å². The molecule has 0 aliphatic carbocycles. The quantitative estimate of drug-likeness (QED) is 0.773. The topological polar surface area (TPSA) is 49.1 Å². The van der Waals surface area contributed by atoms with E-state index in [2.05, 4.69) is 23.7 Å². The van der Waals surface area contributed by atoms with Crippen LogP contribution in [0.25, 0.3) is 0 Å². The van der Waals surface area contributed by atoms with Gasteiger partial charge in [0.2, 0.25) is 5.88 Å². The van der Waals surface area contributed by atoms with Gasteiger partial charge in [-0.2, -0.15) is 5.26 Å². The zero-order chi connectivity index (χ0) is 12.2. The predicted octanol–water partition coefficient (Wildman–Crippen LogP) is 1.67.